The van der Waals surface area contributed by atoms with Crippen LogP contribution in [-0.4, -0.2) is 98.1 Å². The molecule has 0 saturated heterocycles. The topological polar surface area (TPSA) is 292 Å². The van der Waals surface area contributed by atoms with Crippen molar-refractivity contribution in [2.75, 3.05) is 0 Å². The molecule has 0 fully saturated rings. The van der Waals surface area contributed by atoms with Crippen molar-refractivity contribution in [3.8, 4) is 0 Å². The number of hydrogen-bond donors (Lipinski definition) is 9. The molecule has 0 heterocycles. The van der Waals surface area contributed by atoms with Crippen molar-refractivity contribution in [2.45, 2.75) is 76.2 Å². The van der Waals surface area contributed by atoms with Gasteiger partial charge in [0.1, 0.15) is 24.2 Å². The van der Waals surface area contributed by atoms with Gasteiger partial charge in [-0.15, -0.1) is 0 Å². The summed E-state index contributed by atoms with van der Waals surface area (Å²) in [5.41, 5.74) is 6.64. The zero-order valence-electron chi connectivity index (χ0n) is 24.0. The second kappa shape index (κ2) is 17.8. The van der Waals surface area contributed by atoms with Crippen LogP contribution in [0.15, 0.2) is 30.3 Å². The van der Waals surface area contributed by atoms with E-state index in [1.165, 1.54) is 0 Å². The molecule has 1 rings (SSSR count). The average molecular weight is 624 g/mol. The molecule has 0 spiro atoms. The summed E-state index contributed by atoms with van der Waals surface area (Å²) in [6.07, 6.45) is -2.95. The Balaban J connectivity index is 3.12. The van der Waals surface area contributed by atoms with Gasteiger partial charge < -0.3 is 47.4 Å². The zero-order valence-corrected chi connectivity index (χ0v) is 24.0. The molecule has 0 aliphatic heterocycles. The van der Waals surface area contributed by atoms with Crippen LogP contribution in [0.4, 0.5) is 0 Å². The highest BCUT2D eigenvalue weighted by Crippen LogP contribution is 2.09. The van der Waals surface area contributed by atoms with Gasteiger partial charge in [0, 0.05) is 0 Å². The molecule has 0 aliphatic rings. The predicted molar refractivity (Wildman–Crippen MR) is 150 cm³/mol. The largest absolute Gasteiger partial charge is 0.481 e. The summed E-state index contributed by atoms with van der Waals surface area (Å²) >= 11 is 0. The van der Waals surface area contributed by atoms with Crippen LogP contribution in [0.5, 0.6) is 0 Å². The van der Waals surface area contributed by atoms with Gasteiger partial charge in [0.25, 0.3) is 0 Å². The number of carboxylic acids is 4. The van der Waals surface area contributed by atoms with Crippen molar-refractivity contribution >= 4 is 47.5 Å². The number of aliphatic carboxylic acids is 4. The molecule has 0 radical (unpaired) electrons. The number of nitrogens with two attached hydrogens (primary N) is 1. The van der Waals surface area contributed by atoms with Crippen LogP contribution in [0, 0.1) is 5.92 Å². The maximum atomic E-state index is 13.2. The second-order valence-corrected chi connectivity index (χ2v) is 10.3. The van der Waals surface area contributed by atoms with Gasteiger partial charge in [0.2, 0.25) is 23.6 Å². The molecule has 1 aromatic rings. The van der Waals surface area contributed by atoms with E-state index in [0.717, 1.165) is 0 Å². The third-order valence-corrected chi connectivity index (χ3v) is 5.99. The van der Waals surface area contributed by atoms with E-state index in [2.05, 4.69) is 16.0 Å². The Kier molecular flexibility index (Phi) is 14.9. The third-order valence-electron chi connectivity index (χ3n) is 5.99. The average Bonchev–Trinajstić information content (AvgIpc) is 2.90. The molecule has 5 atom stereocenters. The number of carbonyl (C=O) groups excluding carboxylic acids is 4. The van der Waals surface area contributed by atoms with Crippen molar-refractivity contribution in [3.05, 3.63) is 35.9 Å². The molecule has 10 N–H and O–H groups in total. The summed E-state index contributed by atoms with van der Waals surface area (Å²) in [5, 5.41) is 45.1. The summed E-state index contributed by atoms with van der Waals surface area (Å²) in [6, 6.07) is 0.543. The van der Waals surface area contributed by atoms with Gasteiger partial charge in [-0.25, -0.2) is 4.79 Å². The highest BCUT2D eigenvalue weighted by molar-refractivity contribution is 5.97. The lowest BCUT2D eigenvalue weighted by atomic mass is 10.0. The molecule has 44 heavy (non-hydrogen) atoms. The maximum absolute atomic E-state index is 13.2. The summed E-state index contributed by atoms with van der Waals surface area (Å²) in [7, 11) is 0. The van der Waals surface area contributed by atoms with Gasteiger partial charge in [0.05, 0.1) is 25.3 Å². The fourth-order valence-electron chi connectivity index (χ4n) is 3.90. The van der Waals surface area contributed by atoms with Gasteiger partial charge >= 0.3 is 23.9 Å². The maximum Gasteiger partial charge on any atom is 0.326 e. The summed E-state index contributed by atoms with van der Waals surface area (Å²) < 4.78 is 0. The molecule has 0 aliphatic carbocycles. The monoisotopic (exact) mass is 623 g/mol. The number of hydrogen-bond acceptors (Lipinski definition) is 9. The molecule has 4 amide bonds. The highest BCUT2D eigenvalue weighted by Gasteiger charge is 2.34. The van der Waals surface area contributed by atoms with E-state index >= 15 is 0 Å². The van der Waals surface area contributed by atoms with E-state index in [1.54, 1.807) is 44.2 Å². The second-order valence-electron chi connectivity index (χ2n) is 10.3. The molecule has 17 heteroatoms. The van der Waals surface area contributed by atoms with Crippen LogP contribution in [0.25, 0.3) is 0 Å². The standard InChI is InChI=1S/C27H37N5O12/c1-13(2)8-16(24(40)31-18(11-21(35)36)26(42)32-19(27(43)44)12-22(37)38)30-25(41)17(10-20(33)34)29-23(39)15(28)9-14-6-4-3-5-7-14/h3-7,13,15-19H,8-12,28H2,1-2H3,(H,29,39)(H,30,41)(H,31,40)(H,32,42)(H,33,34)(H,35,36)(H,37,38)(H,43,44)/t15-,16-,17-,18-,19-/m0/s1. The number of amides is 4. The van der Waals surface area contributed by atoms with E-state index in [-0.39, 0.29) is 18.8 Å². The van der Waals surface area contributed by atoms with Crippen LogP contribution in [0.2, 0.25) is 0 Å². The Morgan fingerprint density at radius 1 is 0.614 bits per heavy atom. The van der Waals surface area contributed by atoms with E-state index in [1.807, 2.05) is 5.32 Å². The highest BCUT2D eigenvalue weighted by atomic mass is 16.4. The summed E-state index contributed by atoms with van der Waals surface area (Å²) in [6.45, 7) is 3.33. The lowest BCUT2D eigenvalue weighted by Crippen LogP contribution is -2.59. The van der Waals surface area contributed by atoms with Crippen molar-refractivity contribution < 1.29 is 58.8 Å². The first-order valence-electron chi connectivity index (χ1n) is 13.4. The molecule has 242 valence electrons. The van der Waals surface area contributed by atoms with E-state index in [9.17, 15) is 53.7 Å². The number of carboxylic acid groups (broad SMARTS) is 4. The normalized spacial score (nSPS) is 14.2. The molecule has 17 nitrogen and oxygen atoms in total. The Morgan fingerprint density at radius 2 is 1.00 bits per heavy atom. The predicted octanol–water partition coefficient (Wildman–Crippen LogP) is -1.95. The van der Waals surface area contributed by atoms with Crippen LogP contribution in [0.3, 0.4) is 0 Å². The van der Waals surface area contributed by atoms with Gasteiger partial charge in [-0.2, -0.15) is 0 Å². The van der Waals surface area contributed by atoms with E-state index in [4.69, 9.17) is 10.8 Å². The van der Waals surface area contributed by atoms with Gasteiger partial charge in [-0.05, 0) is 24.3 Å². The Hall–Kier alpha value is -5.06. The minimum absolute atomic E-state index is 0.0781. The van der Waals surface area contributed by atoms with Crippen molar-refractivity contribution in [1.82, 2.24) is 21.3 Å². The molecule has 1 aromatic carbocycles. The lowest BCUT2D eigenvalue weighted by molar-refractivity contribution is -0.148. The first-order valence-corrected chi connectivity index (χ1v) is 13.4. The number of benzene rings is 1. The molecular formula is C27H37N5O12. The van der Waals surface area contributed by atoms with E-state index < -0.39 is 97.0 Å². The molecular weight excluding hydrogens is 586 g/mol. The van der Waals surface area contributed by atoms with Crippen LogP contribution in [0.1, 0.15) is 45.1 Å². The first kappa shape index (κ1) is 37.0. The molecule has 0 unspecified atom stereocenters. The fourth-order valence-corrected chi connectivity index (χ4v) is 3.90. The van der Waals surface area contributed by atoms with Crippen molar-refractivity contribution in [3.63, 3.8) is 0 Å². The minimum Gasteiger partial charge on any atom is -0.481 e. The lowest BCUT2D eigenvalue weighted by Gasteiger charge is -2.26. The first-order chi connectivity index (χ1) is 20.5. The van der Waals surface area contributed by atoms with Crippen molar-refractivity contribution in [2.24, 2.45) is 11.7 Å². The Labute approximate surface area is 251 Å². The van der Waals surface area contributed by atoms with Crippen molar-refractivity contribution in [1.29, 1.82) is 0 Å². The zero-order chi connectivity index (χ0) is 33.6. The summed E-state index contributed by atoms with van der Waals surface area (Å²) in [5.74, 6) is -10.9. The van der Waals surface area contributed by atoms with Gasteiger partial charge in [-0.1, -0.05) is 44.2 Å². The van der Waals surface area contributed by atoms with E-state index in [0.29, 0.717) is 5.56 Å². The Morgan fingerprint density at radius 3 is 1.43 bits per heavy atom. The van der Waals surface area contributed by atoms with Crippen LogP contribution in [-0.2, 0) is 44.8 Å². The minimum atomic E-state index is -1.94. The SMILES string of the molecule is CC(C)C[C@H](NC(=O)[C@H](CC(=O)O)NC(=O)[C@@H](N)Cc1ccccc1)C(=O)N[C@@H](CC(=O)O)C(=O)N[C@@H](CC(=O)O)C(=O)O. The van der Waals surface area contributed by atoms with Gasteiger partial charge in [-0.3, -0.25) is 33.6 Å². The molecule has 0 aromatic heterocycles. The summed E-state index contributed by atoms with van der Waals surface area (Å²) in [4.78, 5) is 96.7. The molecule has 0 bridgehead atoms. The fraction of sp³-hybridized carbons (Fsp3) is 0.481. The smallest absolute Gasteiger partial charge is 0.326 e. The third kappa shape index (κ3) is 13.7. The quantitative estimate of drug-likeness (QED) is 0.0811. The Bertz CT molecular complexity index is 1220. The molecule has 0 saturated carbocycles. The number of rotatable bonds is 19. The number of nitrogens with one attached hydrogen (secondary N) is 4. The van der Waals surface area contributed by atoms with Crippen LogP contribution >= 0.6 is 0 Å². The number of carbonyl (C=O) groups is 8. The van der Waals surface area contributed by atoms with Crippen LogP contribution < -0.4 is 27.0 Å². The van der Waals surface area contributed by atoms with Gasteiger partial charge in [0.15, 0.2) is 0 Å².